The van der Waals surface area contributed by atoms with Gasteiger partial charge in [-0.15, -0.1) is 6.42 Å². The summed E-state index contributed by atoms with van der Waals surface area (Å²) >= 11 is 0. The first-order valence-electron chi connectivity index (χ1n) is 16.0. The molecule has 4 aliphatic rings. The SMILES string of the molecule is [2H]C([2H])(Oc1nc(N2C[C@H]3CC[C@@H](C2)N3)c2cnc(-c3cc(O)cc4ccc(F)c(C#C)c34)c(F)c2n1)C12CC(=C)CN1CC(=C)C2. The van der Waals surface area contributed by atoms with Crippen molar-refractivity contribution in [2.75, 3.05) is 37.6 Å². The van der Waals surface area contributed by atoms with E-state index in [9.17, 15) is 12.2 Å². The van der Waals surface area contributed by atoms with E-state index in [1.54, 1.807) is 0 Å². The standard InChI is InChI=1S/C35H32F2N6O2/c1-4-25-28(36)8-5-21-9-24(44)10-26(29(21)25)31-30(37)32-27(13-38-31)33(42-16-22-6-7-23(17-42)39-22)41-34(40-32)45-18-35-11-19(2)14-43(35)15-20(3)12-35/h1,5,8-10,13,22-23,39,44H,2-3,6-7,11-12,14-18H2/t22-,23+/i18D2. The van der Waals surface area contributed by atoms with E-state index in [4.69, 9.17) is 16.1 Å². The zero-order valence-corrected chi connectivity index (χ0v) is 24.5. The second kappa shape index (κ2) is 10.2. The number of pyridine rings is 1. The number of phenols is 1. The number of fused-ring (bicyclic) bond motifs is 5. The molecule has 10 heteroatoms. The lowest BCUT2D eigenvalue weighted by molar-refractivity contribution is 0.108. The zero-order valence-electron chi connectivity index (χ0n) is 26.5. The molecule has 0 saturated carbocycles. The highest BCUT2D eigenvalue weighted by molar-refractivity contribution is 6.03. The molecule has 0 amide bonds. The molecule has 0 unspecified atom stereocenters. The average molecular weight is 609 g/mol. The van der Waals surface area contributed by atoms with Gasteiger partial charge in [0.1, 0.15) is 35.2 Å². The minimum Gasteiger partial charge on any atom is -0.508 e. The number of hydrogen-bond donors (Lipinski definition) is 2. The Balaban J connectivity index is 1.31. The molecular weight excluding hydrogens is 574 g/mol. The molecule has 228 valence electrons. The van der Waals surface area contributed by atoms with Crippen molar-refractivity contribution in [1.82, 2.24) is 25.2 Å². The topological polar surface area (TPSA) is 86.6 Å². The van der Waals surface area contributed by atoms with E-state index in [1.165, 1.54) is 30.5 Å². The number of rotatable bonds is 5. The van der Waals surface area contributed by atoms with E-state index in [2.05, 4.69) is 34.4 Å². The smallest absolute Gasteiger partial charge is 0.319 e. The summed E-state index contributed by atoms with van der Waals surface area (Å²) in [5.74, 6) is 1.03. The fraction of sp³-hybridized carbons (Fsp3) is 0.343. The van der Waals surface area contributed by atoms with E-state index in [-0.39, 0.29) is 51.6 Å². The Hall–Kier alpha value is -4.59. The molecule has 2 N–H and O–H groups in total. The van der Waals surface area contributed by atoms with Gasteiger partial charge in [0.2, 0.25) is 0 Å². The highest BCUT2D eigenvalue weighted by Gasteiger charge is 2.48. The van der Waals surface area contributed by atoms with Crippen LogP contribution in [-0.2, 0) is 0 Å². The molecule has 2 bridgehead atoms. The Morgan fingerprint density at radius 3 is 2.58 bits per heavy atom. The molecule has 4 fully saturated rings. The van der Waals surface area contributed by atoms with Gasteiger partial charge in [0.15, 0.2) is 5.82 Å². The first-order chi connectivity index (χ1) is 22.5. The predicted molar refractivity (Wildman–Crippen MR) is 169 cm³/mol. The van der Waals surface area contributed by atoms with Gasteiger partial charge >= 0.3 is 6.01 Å². The van der Waals surface area contributed by atoms with Crippen LogP contribution in [0.2, 0.25) is 0 Å². The molecule has 8 rings (SSSR count). The molecule has 4 aliphatic heterocycles. The molecule has 2 aromatic heterocycles. The number of aromatic hydroxyl groups is 1. The number of halogens is 2. The largest absolute Gasteiger partial charge is 0.508 e. The van der Waals surface area contributed by atoms with Crippen molar-refractivity contribution in [1.29, 1.82) is 0 Å². The monoisotopic (exact) mass is 608 g/mol. The van der Waals surface area contributed by atoms with Crippen LogP contribution in [0, 0.1) is 24.0 Å². The van der Waals surface area contributed by atoms with Crippen LogP contribution < -0.4 is 15.0 Å². The number of hydrogen-bond acceptors (Lipinski definition) is 8. The quantitative estimate of drug-likeness (QED) is 0.240. The highest BCUT2D eigenvalue weighted by atomic mass is 19.1. The van der Waals surface area contributed by atoms with Gasteiger partial charge < -0.3 is 20.1 Å². The van der Waals surface area contributed by atoms with E-state index in [1.807, 2.05) is 9.80 Å². The Labute approximate surface area is 262 Å². The van der Waals surface area contributed by atoms with Crippen molar-refractivity contribution in [3.63, 3.8) is 0 Å². The Morgan fingerprint density at radius 2 is 1.87 bits per heavy atom. The third kappa shape index (κ3) is 4.52. The normalized spacial score (nSPS) is 23.4. The fourth-order valence-electron chi connectivity index (χ4n) is 7.62. The van der Waals surface area contributed by atoms with Crippen LogP contribution in [0.4, 0.5) is 14.6 Å². The van der Waals surface area contributed by atoms with Crippen molar-refractivity contribution < 1.29 is 21.4 Å². The molecule has 0 aliphatic carbocycles. The summed E-state index contributed by atoms with van der Waals surface area (Å²) in [4.78, 5) is 17.7. The third-order valence-electron chi connectivity index (χ3n) is 9.46. The van der Waals surface area contributed by atoms with Gasteiger partial charge in [-0.05, 0) is 49.3 Å². The minimum atomic E-state index is -2.29. The second-order valence-electron chi connectivity index (χ2n) is 12.7. The molecule has 45 heavy (non-hydrogen) atoms. The molecular formula is C35H32F2N6O2. The van der Waals surface area contributed by atoms with Gasteiger partial charge in [0, 0.05) is 55.4 Å². The van der Waals surface area contributed by atoms with Crippen molar-refractivity contribution in [2.45, 2.75) is 43.3 Å². The van der Waals surface area contributed by atoms with Gasteiger partial charge in [-0.2, -0.15) is 9.97 Å². The van der Waals surface area contributed by atoms with Crippen LogP contribution in [0.1, 0.15) is 34.0 Å². The van der Waals surface area contributed by atoms with E-state index < -0.39 is 23.7 Å². The number of phenolic OH excluding ortho intramolecular Hbond substituents is 1. The van der Waals surface area contributed by atoms with Crippen LogP contribution in [0.15, 0.2) is 54.8 Å². The van der Waals surface area contributed by atoms with Gasteiger partial charge in [-0.3, -0.25) is 9.88 Å². The lowest BCUT2D eigenvalue weighted by Gasteiger charge is -2.34. The number of benzene rings is 2. The van der Waals surface area contributed by atoms with Crippen LogP contribution >= 0.6 is 0 Å². The third-order valence-corrected chi connectivity index (χ3v) is 9.46. The lowest BCUT2D eigenvalue weighted by Crippen LogP contribution is -2.51. The lowest BCUT2D eigenvalue weighted by atomic mass is 9.92. The van der Waals surface area contributed by atoms with Gasteiger partial charge in [-0.1, -0.05) is 36.3 Å². The van der Waals surface area contributed by atoms with E-state index in [0.29, 0.717) is 55.6 Å². The van der Waals surface area contributed by atoms with Crippen LogP contribution in [0.25, 0.3) is 32.9 Å². The Kier molecular flexibility index (Phi) is 5.84. The van der Waals surface area contributed by atoms with E-state index >= 15 is 4.39 Å². The molecule has 0 radical (unpaired) electrons. The fourth-order valence-corrected chi connectivity index (χ4v) is 7.62. The van der Waals surface area contributed by atoms with Gasteiger partial charge in [0.05, 0.1) is 19.2 Å². The number of ether oxygens (including phenoxy) is 1. The number of aromatic nitrogens is 3. The molecule has 4 aromatic rings. The Bertz CT molecular complexity index is 2050. The van der Waals surface area contributed by atoms with Crippen LogP contribution in [-0.4, -0.2) is 75.3 Å². The van der Waals surface area contributed by atoms with Crippen molar-refractivity contribution in [3.8, 4) is 35.4 Å². The maximum Gasteiger partial charge on any atom is 0.319 e. The highest BCUT2D eigenvalue weighted by Crippen LogP contribution is 2.43. The number of nitrogens with zero attached hydrogens (tertiary/aromatic N) is 5. The minimum absolute atomic E-state index is 0.0872. The van der Waals surface area contributed by atoms with Crippen molar-refractivity contribution >= 4 is 27.5 Å². The van der Waals surface area contributed by atoms with Gasteiger partial charge in [0.25, 0.3) is 0 Å². The van der Waals surface area contributed by atoms with E-state index in [0.717, 1.165) is 24.0 Å². The summed E-state index contributed by atoms with van der Waals surface area (Å²) in [7, 11) is 0. The first-order valence-corrected chi connectivity index (χ1v) is 15.0. The van der Waals surface area contributed by atoms with Gasteiger partial charge in [-0.25, -0.2) is 8.78 Å². The summed E-state index contributed by atoms with van der Waals surface area (Å²) in [5, 5.41) is 15.1. The van der Waals surface area contributed by atoms with Crippen LogP contribution in [0.5, 0.6) is 11.8 Å². The molecule has 2 atom stereocenters. The Morgan fingerprint density at radius 1 is 1.13 bits per heavy atom. The predicted octanol–water partition coefficient (Wildman–Crippen LogP) is 5.09. The van der Waals surface area contributed by atoms with Crippen molar-refractivity contribution in [3.05, 3.63) is 72.0 Å². The molecule has 8 nitrogen and oxygen atoms in total. The number of nitrogens with one attached hydrogen (secondary N) is 1. The molecule has 0 spiro atoms. The van der Waals surface area contributed by atoms with Crippen molar-refractivity contribution in [2.24, 2.45) is 0 Å². The zero-order chi connectivity index (χ0) is 32.8. The molecule has 6 heterocycles. The molecule has 2 aromatic carbocycles. The number of anilines is 1. The number of piperazine rings is 1. The molecule has 4 saturated heterocycles. The summed E-state index contributed by atoms with van der Waals surface area (Å²) in [6.07, 6.45) is 9.89. The maximum atomic E-state index is 16.9. The summed E-state index contributed by atoms with van der Waals surface area (Å²) < 4.78 is 56.2. The number of terminal acetylenes is 1. The summed E-state index contributed by atoms with van der Waals surface area (Å²) in [6.45, 7) is 8.21. The maximum absolute atomic E-state index is 16.9. The second-order valence-corrected chi connectivity index (χ2v) is 12.7. The average Bonchev–Trinajstić information content (AvgIpc) is 3.64. The van der Waals surface area contributed by atoms with Crippen LogP contribution in [0.3, 0.4) is 0 Å². The summed E-state index contributed by atoms with van der Waals surface area (Å²) in [6, 6.07) is 5.50. The first kappa shape index (κ1) is 25.7. The summed E-state index contributed by atoms with van der Waals surface area (Å²) in [5.41, 5.74) is 0.389.